The molecule has 0 radical (unpaired) electrons. The molecule has 2 amide bonds. The van der Waals surface area contributed by atoms with Crippen LogP contribution in [0.3, 0.4) is 0 Å². The van der Waals surface area contributed by atoms with Crippen LogP contribution < -0.4 is 5.32 Å². The van der Waals surface area contributed by atoms with E-state index in [4.69, 9.17) is 11.6 Å². The molecule has 0 spiro atoms. The Balaban J connectivity index is 1.97. The van der Waals surface area contributed by atoms with Crippen LogP contribution in [0, 0.1) is 0 Å². The number of hydrogen-bond donors (Lipinski definition) is 1. The molecule has 0 unspecified atom stereocenters. The van der Waals surface area contributed by atoms with Gasteiger partial charge in [0.2, 0.25) is 5.91 Å². The summed E-state index contributed by atoms with van der Waals surface area (Å²) in [7, 11) is 0. The van der Waals surface area contributed by atoms with Gasteiger partial charge in [-0.25, -0.2) is 0 Å². The van der Waals surface area contributed by atoms with Crippen LogP contribution in [0.15, 0.2) is 51.8 Å². The van der Waals surface area contributed by atoms with Crippen molar-refractivity contribution in [3.63, 3.8) is 0 Å². The first-order valence-corrected chi connectivity index (χ1v) is 10.4. The molecule has 0 saturated heterocycles. The predicted molar refractivity (Wildman–Crippen MR) is 112 cm³/mol. The number of carbonyl (C=O) groups is 2. The quantitative estimate of drug-likeness (QED) is 0.575. The van der Waals surface area contributed by atoms with Crippen LogP contribution >= 0.6 is 39.3 Å². The molecule has 0 heterocycles. The molecule has 4 nitrogen and oxygen atoms in total. The lowest BCUT2D eigenvalue weighted by molar-refractivity contribution is -0.113. The fraction of sp³-hybridized carbons (Fsp3) is 0.263. The third kappa shape index (κ3) is 5.76. The Bertz CT molecular complexity index is 780. The Labute approximate surface area is 171 Å². The van der Waals surface area contributed by atoms with Crippen LogP contribution in [-0.4, -0.2) is 35.6 Å². The van der Waals surface area contributed by atoms with Crippen molar-refractivity contribution in [1.29, 1.82) is 0 Å². The molecule has 2 aromatic rings. The Morgan fingerprint density at radius 3 is 2.35 bits per heavy atom. The highest BCUT2D eigenvalue weighted by molar-refractivity contribution is 9.10. The smallest absolute Gasteiger partial charge is 0.255 e. The van der Waals surface area contributed by atoms with E-state index in [-0.39, 0.29) is 11.8 Å². The number of thioether (sulfide) groups is 1. The normalized spacial score (nSPS) is 10.5. The number of halogens is 2. The van der Waals surface area contributed by atoms with Crippen LogP contribution in [0.2, 0.25) is 5.02 Å². The molecule has 0 fully saturated rings. The molecule has 1 N–H and O–H groups in total. The third-order valence-electron chi connectivity index (χ3n) is 3.72. The highest BCUT2D eigenvalue weighted by Gasteiger charge is 2.16. The highest BCUT2D eigenvalue weighted by atomic mass is 79.9. The summed E-state index contributed by atoms with van der Waals surface area (Å²) < 4.78 is 1.00. The zero-order chi connectivity index (χ0) is 19.1. The second-order valence-electron chi connectivity index (χ2n) is 5.46. The molecule has 0 aliphatic rings. The fourth-order valence-electron chi connectivity index (χ4n) is 2.32. The molecule has 0 aromatic heterocycles. The summed E-state index contributed by atoms with van der Waals surface area (Å²) in [6.07, 6.45) is 0. The Hall–Kier alpha value is -1.50. The first-order valence-electron chi connectivity index (χ1n) is 8.21. The molecule has 138 valence electrons. The molecule has 2 rings (SSSR count). The standard InChI is InChI=1S/C19H20BrClN2O2S/c1-3-23(4-2)19(25)16-10-7-14(11-17(16)21)22-18(24)12-26-15-8-5-13(20)6-9-15/h5-11H,3-4,12H2,1-2H3,(H,22,24). The van der Waals surface area contributed by atoms with E-state index in [1.54, 1.807) is 23.1 Å². The lowest BCUT2D eigenvalue weighted by Gasteiger charge is -2.19. The molecule has 2 aromatic carbocycles. The van der Waals surface area contributed by atoms with Gasteiger partial charge in [0.15, 0.2) is 0 Å². The van der Waals surface area contributed by atoms with Crippen molar-refractivity contribution < 1.29 is 9.59 Å². The molecular weight excluding hydrogens is 436 g/mol. The second kappa shape index (κ2) is 10.00. The maximum Gasteiger partial charge on any atom is 0.255 e. The summed E-state index contributed by atoms with van der Waals surface area (Å²) in [5, 5.41) is 3.14. The summed E-state index contributed by atoms with van der Waals surface area (Å²) in [5.41, 5.74) is 1.02. The minimum Gasteiger partial charge on any atom is -0.339 e. The van der Waals surface area contributed by atoms with E-state index in [1.165, 1.54) is 11.8 Å². The van der Waals surface area contributed by atoms with Crippen molar-refractivity contribution in [1.82, 2.24) is 4.90 Å². The number of amides is 2. The first kappa shape index (κ1) is 20.8. The van der Waals surface area contributed by atoms with E-state index < -0.39 is 0 Å². The van der Waals surface area contributed by atoms with Crippen LogP contribution in [0.5, 0.6) is 0 Å². The highest BCUT2D eigenvalue weighted by Crippen LogP contribution is 2.24. The maximum absolute atomic E-state index is 12.4. The van der Waals surface area contributed by atoms with E-state index in [1.807, 2.05) is 38.1 Å². The third-order valence-corrected chi connectivity index (χ3v) is 5.57. The summed E-state index contributed by atoms with van der Waals surface area (Å²) >= 11 is 11.1. The maximum atomic E-state index is 12.4. The molecule has 0 atom stereocenters. The van der Waals surface area contributed by atoms with Gasteiger partial charge in [-0.1, -0.05) is 27.5 Å². The van der Waals surface area contributed by atoms with Crippen molar-refractivity contribution >= 4 is 56.8 Å². The average molecular weight is 456 g/mol. The van der Waals surface area contributed by atoms with Crippen molar-refractivity contribution in [3.8, 4) is 0 Å². The van der Waals surface area contributed by atoms with Crippen LogP contribution in [0.25, 0.3) is 0 Å². The molecule has 7 heteroatoms. The number of benzene rings is 2. The SMILES string of the molecule is CCN(CC)C(=O)c1ccc(NC(=O)CSc2ccc(Br)cc2)cc1Cl. The zero-order valence-corrected chi connectivity index (χ0v) is 17.7. The van der Waals surface area contributed by atoms with Gasteiger partial charge in [0, 0.05) is 28.1 Å². The molecular formula is C19H20BrClN2O2S. The monoisotopic (exact) mass is 454 g/mol. The number of carbonyl (C=O) groups excluding carboxylic acids is 2. The van der Waals surface area contributed by atoms with Crippen LogP contribution in [0.4, 0.5) is 5.69 Å². The summed E-state index contributed by atoms with van der Waals surface area (Å²) in [6, 6.07) is 12.7. The van der Waals surface area contributed by atoms with Crippen molar-refractivity contribution in [2.75, 3.05) is 24.2 Å². The molecule has 0 saturated carbocycles. The lowest BCUT2D eigenvalue weighted by Crippen LogP contribution is -2.30. The van der Waals surface area contributed by atoms with Crippen molar-refractivity contribution in [2.24, 2.45) is 0 Å². The van der Waals surface area contributed by atoms with E-state index in [0.29, 0.717) is 35.1 Å². The molecule has 26 heavy (non-hydrogen) atoms. The second-order valence-corrected chi connectivity index (χ2v) is 7.83. The van der Waals surface area contributed by atoms with E-state index in [0.717, 1.165) is 9.37 Å². The number of nitrogens with one attached hydrogen (secondary N) is 1. The average Bonchev–Trinajstić information content (AvgIpc) is 2.62. The summed E-state index contributed by atoms with van der Waals surface area (Å²) in [6.45, 7) is 5.09. The predicted octanol–water partition coefficient (Wildman–Crippen LogP) is 5.32. The first-order chi connectivity index (χ1) is 12.4. The zero-order valence-electron chi connectivity index (χ0n) is 14.6. The van der Waals surface area contributed by atoms with Crippen molar-refractivity contribution in [2.45, 2.75) is 18.7 Å². The van der Waals surface area contributed by atoms with Gasteiger partial charge < -0.3 is 10.2 Å². The van der Waals surface area contributed by atoms with E-state index in [9.17, 15) is 9.59 Å². The topological polar surface area (TPSA) is 49.4 Å². The minimum atomic E-state index is -0.128. The van der Waals surface area contributed by atoms with Crippen LogP contribution in [-0.2, 0) is 4.79 Å². The molecule has 0 aliphatic heterocycles. The van der Waals surface area contributed by atoms with Gasteiger partial charge in [-0.2, -0.15) is 0 Å². The molecule has 0 bridgehead atoms. The largest absolute Gasteiger partial charge is 0.339 e. The van der Waals surface area contributed by atoms with Crippen molar-refractivity contribution in [3.05, 3.63) is 57.5 Å². The van der Waals surface area contributed by atoms with Gasteiger partial charge in [0.25, 0.3) is 5.91 Å². The summed E-state index contributed by atoms with van der Waals surface area (Å²) in [5.74, 6) is 0.0554. The van der Waals surface area contributed by atoms with Crippen LogP contribution in [0.1, 0.15) is 24.2 Å². The fourth-order valence-corrected chi connectivity index (χ4v) is 3.55. The Kier molecular flexibility index (Phi) is 8.00. The molecule has 0 aliphatic carbocycles. The Morgan fingerprint density at radius 2 is 1.77 bits per heavy atom. The van der Waals surface area contributed by atoms with Gasteiger partial charge >= 0.3 is 0 Å². The number of rotatable bonds is 7. The minimum absolute atomic E-state index is 0.108. The van der Waals surface area contributed by atoms with Gasteiger partial charge in [-0.15, -0.1) is 11.8 Å². The number of nitrogens with zero attached hydrogens (tertiary/aromatic N) is 1. The van der Waals surface area contributed by atoms with Gasteiger partial charge in [0.05, 0.1) is 16.3 Å². The number of anilines is 1. The Morgan fingerprint density at radius 1 is 1.12 bits per heavy atom. The summed E-state index contributed by atoms with van der Waals surface area (Å²) in [4.78, 5) is 27.2. The van der Waals surface area contributed by atoms with E-state index >= 15 is 0 Å². The van der Waals surface area contributed by atoms with Gasteiger partial charge in [0.1, 0.15) is 0 Å². The van der Waals surface area contributed by atoms with Gasteiger partial charge in [-0.3, -0.25) is 9.59 Å². The number of hydrogen-bond acceptors (Lipinski definition) is 3. The lowest BCUT2D eigenvalue weighted by atomic mass is 10.1. The van der Waals surface area contributed by atoms with Gasteiger partial charge in [-0.05, 0) is 56.3 Å². The van der Waals surface area contributed by atoms with E-state index in [2.05, 4.69) is 21.2 Å².